The Kier molecular flexibility index (Phi) is 6.08. The maximum absolute atomic E-state index is 12.4. The van der Waals surface area contributed by atoms with Gasteiger partial charge in [0, 0.05) is 37.2 Å². The minimum Gasteiger partial charge on any atom is -0.495 e. The van der Waals surface area contributed by atoms with Crippen molar-refractivity contribution in [1.82, 2.24) is 15.4 Å². The molecule has 0 bridgehead atoms. The van der Waals surface area contributed by atoms with Crippen LogP contribution in [0.2, 0.25) is 0 Å². The van der Waals surface area contributed by atoms with Gasteiger partial charge in [0.1, 0.15) is 10.6 Å². The molecule has 9 heteroatoms. The largest absolute Gasteiger partial charge is 0.495 e. The Bertz CT molecular complexity index is 703. The summed E-state index contributed by atoms with van der Waals surface area (Å²) in [5.41, 5.74) is 0.314. The summed E-state index contributed by atoms with van der Waals surface area (Å²) in [4.78, 5) is 12.2. The third kappa shape index (κ3) is 4.38. The fourth-order valence-corrected chi connectivity index (χ4v) is 3.84. The van der Waals surface area contributed by atoms with E-state index in [9.17, 15) is 13.2 Å². The average Bonchev–Trinajstić information content (AvgIpc) is 3.28. The second kappa shape index (κ2) is 7.69. The third-order valence-corrected chi connectivity index (χ3v) is 5.57. The van der Waals surface area contributed by atoms with E-state index in [0.717, 1.165) is 25.9 Å². The van der Waals surface area contributed by atoms with E-state index >= 15 is 0 Å². The van der Waals surface area contributed by atoms with Gasteiger partial charge in [-0.1, -0.05) is 0 Å². The smallest absolute Gasteiger partial charge is 0.251 e. The first kappa shape index (κ1) is 19.0. The number of sulfonamides is 1. The second-order valence-electron chi connectivity index (χ2n) is 6.00. The number of halogens is 1. The van der Waals surface area contributed by atoms with Gasteiger partial charge in [-0.25, -0.2) is 13.1 Å². The van der Waals surface area contributed by atoms with Crippen LogP contribution in [0.15, 0.2) is 23.1 Å². The predicted molar refractivity (Wildman–Crippen MR) is 92.3 cm³/mol. The van der Waals surface area contributed by atoms with Crippen LogP contribution in [0, 0.1) is 5.92 Å². The molecular formula is C15H22ClN3O4S. The van der Waals surface area contributed by atoms with Crippen molar-refractivity contribution in [3.05, 3.63) is 23.8 Å². The molecule has 1 amide bonds. The molecule has 1 aromatic rings. The van der Waals surface area contributed by atoms with Crippen LogP contribution in [0.1, 0.15) is 23.2 Å². The molecule has 1 aliphatic heterocycles. The topological polar surface area (TPSA) is 96.5 Å². The van der Waals surface area contributed by atoms with Crippen LogP contribution in [-0.2, 0) is 10.0 Å². The molecule has 1 heterocycles. The van der Waals surface area contributed by atoms with E-state index in [4.69, 9.17) is 4.74 Å². The van der Waals surface area contributed by atoms with Crippen LogP contribution < -0.4 is 20.1 Å². The number of amides is 1. The molecule has 134 valence electrons. The number of methoxy groups -OCH3 is 1. The van der Waals surface area contributed by atoms with E-state index in [-0.39, 0.29) is 35.0 Å². The number of hydrogen-bond donors (Lipinski definition) is 3. The highest BCUT2D eigenvalue weighted by atomic mass is 35.5. The molecule has 0 aromatic heterocycles. The molecule has 3 N–H and O–H groups in total. The molecule has 1 saturated heterocycles. The van der Waals surface area contributed by atoms with Crippen molar-refractivity contribution in [3.63, 3.8) is 0 Å². The fourth-order valence-electron chi connectivity index (χ4n) is 2.34. The van der Waals surface area contributed by atoms with Gasteiger partial charge in [0.2, 0.25) is 10.0 Å². The first-order chi connectivity index (χ1) is 11.0. The first-order valence-corrected chi connectivity index (χ1v) is 9.17. The van der Waals surface area contributed by atoms with Gasteiger partial charge in [-0.2, -0.15) is 0 Å². The molecule has 1 aliphatic carbocycles. The SMILES string of the molecule is COc1ccc(C(=O)NCC2CNC2)cc1S(=O)(=O)NC1CC1.Cl. The molecule has 2 fully saturated rings. The van der Waals surface area contributed by atoms with Gasteiger partial charge in [-0.05, 0) is 31.0 Å². The van der Waals surface area contributed by atoms with E-state index < -0.39 is 10.0 Å². The minimum absolute atomic E-state index is 0. The van der Waals surface area contributed by atoms with E-state index in [1.807, 2.05) is 0 Å². The Morgan fingerprint density at radius 1 is 1.33 bits per heavy atom. The predicted octanol–water partition coefficient (Wildman–Crippen LogP) is 0.507. The molecule has 3 rings (SSSR count). The zero-order valence-corrected chi connectivity index (χ0v) is 15.0. The summed E-state index contributed by atoms with van der Waals surface area (Å²) in [6.45, 7) is 2.38. The van der Waals surface area contributed by atoms with Crippen molar-refractivity contribution >= 4 is 28.3 Å². The molecule has 7 nitrogen and oxygen atoms in total. The maximum atomic E-state index is 12.4. The van der Waals surface area contributed by atoms with Gasteiger partial charge in [0.25, 0.3) is 5.91 Å². The van der Waals surface area contributed by atoms with Crippen LogP contribution in [0.4, 0.5) is 0 Å². The van der Waals surface area contributed by atoms with E-state index in [1.54, 1.807) is 6.07 Å². The molecule has 1 aromatic carbocycles. The van der Waals surface area contributed by atoms with Gasteiger partial charge < -0.3 is 15.4 Å². The Labute approximate surface area is 148 Å². The van der Waals surface area contributed by atoms with E-state index in [1.165, 1.54) is 19.2 Å². The highest BCUT2D eigenvalue weighted by Crippen LogP contribution is 2.28. The number of carbonyl (C=O) groups is 1. The zero-order chi connectivity index (χ0) is 16.4. The van der Waals surface area contributed by atoms with Crippen molar-refractivity contribution in [3.8, 4) is 5.75 Å². The molecule has 2 aliphatic rings. The highest BCUT2D eigenvalue weighted by Gasteiger charge is 2.30. The molecule has 0 unspecified atom stereocenters. The van der Waals surface area contributed by atoms with Crippen molar-refractivity contribution in [1.29, 1.82) is 0 Å². The van der Waals surface area contributed by atoms with E-state index in [2.05, 4.69) is 15.4 Å². The zero-order valence-electron chi connectivity index (χ0n) is 13.4. The Balaban J connectivity index is 0.00000208. The minimum atomic E-state index is -3.69. The lowest BCUT2D eigenvalue weighted by molar-refractivity contribution is 0.0942. The average molecular weight is 376 g/mol. The number of benzene rings is 1. The lowest BCUT2D eigenvalue weighted by atomic mass is 10.0. The van der Waals surface area contributed by atoms with Crippen LogP contribution >= 0.6 is 12.4 Å². The Morgan fingerprint density at radius 3 is 2.58 bits per heavy atom. The quantitative estimate of drug-likeness (QED) is 0.645. The number of rotatable bonds is 7. The normalized spacial score (nSPS) is 17.5. The summed E-state index contributed by atoms with van der Waals surface area (Å²) in [7, 11) is -2.27. The number of carbonyl (C=O) groups excluding carboxylic acids is 1. The van der Waals surface area contributed by atoms with Crippen molar-refractivity contribution < 1.29 is 17.9 Å². The van der Waals surface area contributed by atoms with Crippen LogP contribution in [0.5, 0.6) is 5.75 Å². The van der Waals surface area contributed by atoms with Gasteiger partial charge in [-0.15, -0.1) is 12.4 Å². The lowest BCUT2D eigenvalue weighted by Crippen LogP contribution is -2.48. The summed E-state index contributed by atoms with van der Waals surface area (Å²) in [6.07, 6.45) is 1.69. The molecule has 0 atom stereocenters. The summed E-state index contributed by atoms with van der Waals surface area (Å²) in [5, 5.41) is 5.97. The highest BCUT2D eigenvalue weighted by molar-refractivity contribution is 7.89. The standard InChI is InChI=1S/C15H21N3O4S.ClH/c1-22-13-5-2-11(15(19)17-9-10-7-16-8-10)6-14(13)23(20,21)18-12-3-4-12;/h2,5-6,10,12,16,18H,3-4,7-9H2,1H3,(H,17,19);1H. The molecule has 1 saturated carbocycles. The molecule has 24 heavy (non-hydrogen) atoms. The maximum Gasteiger partial charge on any atom is 0.251 e. The van der Waals surface area contributed by atoms with Gasteiger partial charge in [-0.3, -0.25) is 4.79 Å². The van der Waals surface area contributed by atoms with Crippen molar-refractivity contribution in [2.75, 3.05) is 26.7 Å². The second-order valence-corrected chi connectivity index (χ2v) is 7.68. The summed E-state index contributed by atoms with van der Waals surface area (Å²) in [5.74, 6) is 0.400. The van der Waals surface area contributed by atoms with Gasteiger partial charge >= 0.3 is 0 Å². The van der Waals surface area contributed by atoms with Crippen molar-refractivity contribution in [2.24, 2.45) is 5.92 Å². The lowest BCUT2D eigenvalue weighted by Gasteiger charge is -2.27. The summed E-state index contributed by atoms with van der Waals surface area (Å²) >= 11 is 0. The molecule has 0 spiro atoms. The Hall–Kier alpha value is -1.35. The third-order valence-electron chi connectivity index (χ3n) is 4.03. The first-order valence-electron chi connectivity index (χ1n) is 7.69. The number of ether oxygens (including phenoxy) is 1. The van der Waals surface area contributed by atoms with Gasteiger partial charge in [0.15, 0.2) is 0 Å². The van der Waals surface area contributed by atoms with Crippen molar-refractivity contribution in [2.45, 2.75) is 23.8 Å². The van der Waals surface area contributed by atoms with Crippen LogP contribution in [0.25, 0.3) is 0 Å². The molecule has 0 radical (unpaired) electrons. The summed E-state index contributed by atoms with van der Waals surface area (Å²) < 4.78 is 32.6. The monoisotopic (exact) mass is 375 g/mol. The van der Waals surface area contributed by atoms with Gasteiger partial charge in [0.05, 0.1) is 7.11 Å². The van der Waals surface area contributed by atoms with Crippen LogP contribution in [0.3, 0.4) is 0 Å². The number of nitrogens with one attached hydrogen (secondary N) is 3. The fraction of sp³-hybridized carbons (Fsp3) is 0.533. The van der Waals surface area contributed by atoms with E-state index in [0.29, 0.717) is 18.0 Å². The summed E-state index contributed by atoms with van der Waals surface area (Å²) in [6, 6.07) is 4.45. The number of hydrogen-bond acceptors (Lipinski definition) is 5. The van der Waals surface area contributed by atoms with Crippen LogP contribution in [-0.4, -0.2) is 47.1 Å². The molecular weight excluding hydrogens is 354 g/mol. The Morgan fingerprint density at radius 2 is 2.04 bits per heavy atom.